The van der Waals surface area contributed by atoms with E-state index >= 15 is 0 Å². The fourth-order valence-electron chi connectivity index (χ4n) is 2.46. The third kappa shape index (κ3) is 3.08. The predicted octanol–water partition coefficient (Wildman–Crippen LogP) is 0.729. The molecule has 0 spiro atoms. The average molecular weight is 279 g/mol. The standard InChI is InChI=1S/C14H21N3O3/c1-9-6-10(7-12(16-9)14(18)20-3)17-5-4-11(15)13(8-17)19-2/h6-7,11,13H,4-5,8,15H2,1-3H3/t11-,13+/m0/s1. The van der Waals surface area contributed by atoms with E-state index in [0.717, 1.165) is 24.3 Å². The van der Waals surface area contributed by atoms with Crippen LogP contribution in [0, 0.1) is 6.92 Å². The number of aromatic nitrogens is 1. The van der Waals surface area contributed by atoms with Gasteiger partial charge in [0.1, 0.15) is 0 Å². The van der Waals surface area contributed by atoms with Crippen molar-refractivity contribution >= 4 is 11.7 Å². The van der Waals surface area contributed by atoms with Crippen LogP contribution in [0.5, 0.6) is 0 Å². The molecule has 0 aromatic carbocycles. The largest absolute Gasteiger partial charge is 0.464 e. The number of hydrogen-bond donors (Lipinski definition) is 1. The highest BCUT2D eigenvalue weighted by Crippen LogP contribution is 2.22. The van der Waals surface area contributed by atoms with Crippen LogP contribution in [0.4, 0.5) is 5.69 Å². The number of ether oxygens (including phenoxy) is 2. The molecule has 1 saturated heterocycles. The topological polar surface area (TPSA) is 77.7 Å². The van der Waals surface area contributed by atoms with Gasteiger partial charge in [0.25, 0.3) is 0 Å². The van der Waals surface area contributed by atoms with Gasteiger partial charge < -0.3 is 20.1 Å². The van der Waals surface area contributed by atoms with Crippen molar-refractivity contribution in [2.75, 3.05) is 32.2 Å². The van der Waals surface area contributed by atoms with Crippen molar-refractivity contribution in [3.8, 4) is 0 Å². The molecular formula is C14H21N3O3. The summed E-state index contributed by atoms with van der Waals surface area (Å²) in [6.07, 6.45) is 0.853. The first-order valence-electron chi connectivity index (χ1n) is 6.65. The van der Waals surface area contributed by atoms with Crippen LogP contribution in [0.1, 0.15) is 22.6 Å². The Morgan fingerprint density at radius 2 is 2.20 bits per heavy atom. The molecule has 2 atom stereocenters. The van der Waals surface area contributed by atoms with Crippen molar-refractivity contribution in [1.82, 2.24) is 4.98 Å². The van der Waals surface area contributed by atoms with E-state index in [4.69, 9.17) is 15.2 Å². The molecule has 1 aromatic rings. The molecule has 1 aliphatic rings. The van der Waals surface area contributed by atoms with Crippen LogP contribution >= 0.6 is 0 Å². The number of piperidine rings is 1. The Hall–Kier alpha value is -1.66. The summed E-state index contributed by atoms with van der Waals surface area (Å²) in [6.45, 7) is 3.41. The van der Waals surface area contributed by atoms with Gasteiger partial charge in [0.05, 0.1) is 13.2 Å². The highest BCUT2D eigenvalue weighted by Gasteiger charge is 2.27. The normalized spacial score (nSPS) is 22.7. The second kappa shape index (κ2) is 6.19. The van der Waals surface area contributed by atoms with Crippen LogP contribution in [0.3, 0.4) is 0 Å². The van der Waals surface area contributed by atoms with Crippen LogP contribution in [0.2, 0.25) is 0 Å². The van der Waals surface area contributed by atoms with Crippen molar-refractivity contribution < 1.29 is 14.3 Å². The summed E-state index contributed by atoms with van der Waals surface area (Å²) in [7, 11) is 3.03. The Balaban J connectivity index is 2.24. The molecule has 0 unspecified atom stereocenters. The van der Waals surface area contributed by atoms with E-state index in [0.29, 0.717) is 12.2 Å². The molecule has 6 heteroatoms. The number of nitrogens with zero attached hydrogens (tertiary/aromatic N) is 2. The first-order chi connectivity index (χ1) is 9.55. The second-order valence-electron chi connectivity index (χ2n) is 5.02. The Morgan fingerprint density at radius 3 is 2.85 bits per heavy atom. The van der Waals surface area contributed by atoms with E-state index in [2.05, 4.69) is 9.88 Å². The molecule has 0 radical (unpaired) electrons. The number of aryl methyl sites for hydroxylation is 1. The zero-order valence-corrected chi connectivity index (χ0v) is 12.1. The van der Waals surface area contributed by atoms with Crippen molar-refractivity contribution in [2.45, 2.75) is 25.5 Å². The molecule has 1 aromatic heterocycles. The number of methoxy groups -OCH3 is 2. The number of esters is 1. The summed E-state index contributed by atoms with van der Waals surface area (Å²) in [4.78, 5) is 18.0. The molecule has 6 nitrogen and oxygen atoms in total. The van der Waals surface area contributed by atoms with Crippen LogP contribution in [-0.2, 0) is 9.47 Å². The van der Waals surface area contributed by atoms with Gasteiger partial charge in [-0.1, -0.05) is 0 Å². The number of anilines is 1. The maximum Gasteiger partial charge on any atom is 0.356 e. The summed E-state index contributed by atoms with van der Waals surface area (Å²) in [5.74, 6) is -0.424. The maximum absolute atomic E-state index is 11.6. The summed E-state index contributed by atoms with van der Waals surface area (Å²) in [5, 5.41) is 0. The monoisotopic (exact) mass is 279 g/mol. The summed E-state index contributed by atoms with van der Waals surface area (Å²) >= 11 is 0. The number of carbonyl (C=O) groups excluding carboxylic acids is 1. The highest BCUT2D eigenvalue weighted by atomic mass is 16.5. The number of pyridine rings is 1. The van der Waals surface area contributed by atoms with Gasteiger partial charge in [-0.2, -0.15) is 0 Å². The van der Waals surface area contributed by atoms with Gasteiger partial charge in [0, 0.05) is 37.6 Å². The summed E-state index contributed by atoms with van der Waals surface area (Å²) < 4.78 is 10.1. The number of hydrogen-bond acceptors (Lipinski definition) is 6. The van der Waals surface area contributed by atoms with E-state index in [9.17, 15) is 4.79 Å². The minimum absolute atomic E-state index is 0.00111. The van der Waals surface area contributed by atoms with E-state index in [1.807, 2.05) is 13.0 Å². The fraction of sp³-hybridized carbons (Fsp3) is 0.571. The molecule has 2 N–H and O–H groups in total. The molecule has 0 saturated carbocycles. The Morgan fingerprint density at radius 1 is 1.45 bits per heavy atom. The van der Waals surface area contributed by atoms with Gasteiger partial charge in [-0.15, -0.1) is 0 Å². The Bertz CT molecular complexity index is 493. The van der Waals surface area contributed by atoms with Gasteiger partial charge in [-0.3, -0.25) is 0 Å². The molecule has 0 bridgehead atoms. The molecular weight excluding hydrogens is 258 g/mol. The molecule has 2 heterocycles. The third-order valence-electron chi connectivity index (χ3n) is 3.61. The van der Waals surface area contributed by atoms with Crippen LogP contribution < -0.4 is 10.6 Å². The van der Waals surface area contributed by atoms with Gasteiger partial charge in [0.15, 0.2) is 5.69 Å². The molecule has 0 aliphatic carbocycles. The average Bonchev–Trinajstić information content (AvgIpc) is 2.46. The molecule has 1 aliphatic heterocycles. The smallest absolute Gasteiger partial charge is 0.356 e. The lowest BCUT2D eigenvalue weighted by Crippen LogP contribution is -2.51. The van der Waals surface area contributed by atoms with Gasteiger partial charge in [0.2, 0.25) is 0 Å². The van der Waals surface area contributed by atoms with E-state index in [-0.39, 0.29) is 12.1 Å². The first kappa shape index (κ1) is 14.7. The van der Waals surface area contributed by atoms with Crippen LogP contribution in [0.15, 0.2) is 12.1 Å². The number of carbonyl (C=O) groups is 1. The molecule has 20 heavy (non-hydrogen) atoms. The second-order valence-corrected chi connectivity index (χ2v) is 5.02. The molecule has 1 fully saturated rings. The summed E-state index contributed by atoms with van der Waals surface area (Å²) in [5.41, 5.74) is 8.08. The van der Waals surface area contributed by atoms with Crippen molar-refractivity contribution in [2.24, 2.45) is 5.73 Å². The minimum atomic E-state index is -0.424. The molecule has 2 rings (SSSR count). The Labute approximate surface area is 118 Å². The molecule has 0 amide bonds. The van der Waals surface area contributed by atoms with Crippen molar-refractivity contribution in [3.63, 3.8) is 0 Å². The van der Waals surface area contributed by atoms with Crippen LogP contribution in [0.25, 0.3) is 0 Å². The van der Waals surface area contributed by atoms with Gasteiger partial charge in [-0.25, -0.2) is 9.78 Å². The summed E-state index contributed by atoms with van der Waals surface area (Å²) in [6, 6.07) is 3.76. The van der Waals surface area contributed by atoms with E-state index in [1.54, 1.807) is 13.2 Å². The van der Waals surface area contributed by atoms with Crippen LogP contribution in [-0.4, -0.2) is 50.4 Å². The first-order valence-corrected chi connectivity index (χ1v) is 6.65. The van der Waals surface area contributed by atoms with E-state index in [1.165, 1.54) is 7.11 Å². The quantitative estimate of drug-likeness (QED) is 0.822. The lowest BCUT2D eigenvalue weighted by molar-refractivity contribution is 0.0593. The van der Waals surface area contributed by atoms with Crippen molar-refractivity contribution in [1.29, 1.82) is 0 Å². The number of nitrogens with two attached hydrogens (primary N) is 1. The van der Waals surface area contributed by atoms with Gasteiger partial charge >= 0.3 is 5.97 Å². The maximum atomic E-state index is 11.6. The lowest BCUT2D eigenvalue weighted by Gasteiger charge is -2.37. The van der Waals surface area contributed by atoms with Gasteiger partial charge in [-0.05, 0) is 25.5 Å². The lowest BCUT2D eigenvalue weighted by atomic mass is 10.0. The minimum Gasteiger partial charge on any atom is -0.464 e. The highest BCUT2D eigenvalue weighted by molar-refractivity contribution is 5.88. The Kier molecular flexibility index (Phi) is 4.57. The van der Waals surface area contributed by atoms with E-state index < -0.39 is 5.97 Å². The molecule has 110 valence electrons. The number of rotatable bonds is 3. The third-order valence-corrected chi connectivity index (χ3v) is 3.61. The van der Waals surface area contributed by atoms with Crippen molar-refractivity contribution in [3.05, 3.63) is 23.5 Å². The predicted molar refractivity (Wildman–Crippen MR) is 75.9 cm³/mol. The fourth-order valence-corrected chi connectivity index (χ4v) is 2.46. The zero-order valence-electron chi connectivity index (χ0n) is 12.1. The SMILES string of the molecule is COC(=O)c1cc(N2CC[C@H](N)[C@H](OC)C2)cc(C)n1. The zero-order chi connectivity index (χ0) is 14.7.